The normalized spacial score (nSPS) is 13.3. The van der Waals surface area contributed by atoms with Gasteiger partial charge in [0.15, 0.2) is 5.65 Å². The number of furan rings is 1. The van der Waals surface area contributed by atoms with Crippen LogP contribution in [0.4, 0.5) is 17.3 Å². The highest BCUT2D eigenvalue weighted by Crippen LogP contribution is 2.38. The van der Waals surface area contributed by atoms with Crippen LogP contribution < -0.4 is 20.5 Å². The van der Waals surface area contributed by atoms with E-state index in [0.29, 0.717) is 46.7 Å². The highest BCUT2D eigenvalue weighted by molar-refractivity contribution is 5.98. The van der Waals surface area contributed by atoms with E-state index in [9.17, 15) is 9.59 Å². The molecule has 11 nitrogen and oxygen atoms in total. The Kier molecular flexibility index (Phi) is 4.74. The van der Waals surface area contributed by atoms with Crippen molar-refractivity contribution in [3.8, 4) is 5.75 Å². The monoisotopic (exact) mass is 473 g/mol. The summed E-state index contributed by atoms with van der Waals surface area (Å²) < 4.78 is 12.4. The number of methoxy groups -OCH3 is 1. The number of aromatic amines is 1. The summed E-state index contributed by atoms with van der Waals surface area (Å²) in [6.45, 7) is 0.911. The lowest BCUT2D eigenvalue weighted by atomic mass is 10.1. The number of carbonyl (C=O) groups is 1. The number of aromatic nitrogens is 4. The Labute approximate surface area is 198 Å². The molecule has 178 valence electrons. The maximum absolute atomic E-state index is 13.4. The molecule has 11 heteroatoms. The molecular formula is C24H23N7O4. The summed E-state index contributed by atoms with van der Waals surface area (Å²) in [6, 6.07) is 7.27. The summed E-state index contributed by atoms with van der Waals surface area (Å²) >= 11 is 0. The minimum atomic E-state index is -0.379. The molecule has 0 bridgehead atoms. The third-order valence-corrected chi connectivity index (χ3v) is 6.17. The van der Waals surface area contributed by atoms with Crippen molar-refractivity contribution < 1.29 is 13.9 Å². The van der Waals surface area contributed by atoms with E-state index in [2.05, 4.69) is 20.3 Å². The fourth-order valence-corrected chi connectivity index (χ4v) is 4.58. The number of nitrogens with one attached hydrogen (secondary N) is 2. The molecule has 0 saturated carbocycles. The van der Waals surface area contributed by atoms with Gasteiger partial charge in [0, 0.05) is 24.5 Å². The fourth-order valence-electron chi connectivity index (χ4n) is 4.58. The van der Waals surface area contributed by atoms with Gasteiger partial charge in [-0.05, 0) is 44.3 Å². The number of nitrogens with zero attached hydrogens (tertiary/aromatic N) is 5. The van der Waals surface area contributed by atoms with Crippen molar-refractivity contribution in [1.29, 1.82) is 0 Å². The van der Waals surface area contributed by atoms with E-state index >= 15 is 0 Å². The summed E-state index contributed by atoms with van der Waals surface area (Å²) in [5.74, 6) is 0.835. The van der Waals surface area contributed by atoms with Gasteiger partial charge in [-0.3, -0.25) is 9.59 Å². The van der Waals surface area contributed by atoms with Crippen LogP contribution in [0.3, 0.4) is 0 Å². The molecule has 5 aromatic rings. The van der Waals surface area contributed by atoms with E-state index in [4.69, 9.17) is 9.15 Å². The molecule has 0 unspecified atom stereocenters. The number of carbonyl (C=O) groups excluding carboxylic acids is 1. The van der Waals surface area contributed by atoms with Gasteiger partial charge in [0.25, 0.3) is 0 Å². The van der Waals surface area contributed by atoms with Gasteiger partial charge in [-0.25, -0.2) is 9.38 Å². The van der Waals surface area contributed by atoms with Gasteiger partial charge in [0.2, 0.25) is 17.4 Å². The molecule has 1 aliphatic rings. The summed E-state index contributed by atoms with van der Waals surface area (Å²) in [5, 5.41) is 3.96. The Balaban J connectivity index is 1.52. The van der Waals surface area contributed by atoms with Crippen LogP contribution in [0.25, 0.3) is 27.8 Å². The lowest BCUT2D eigenvalue weighted by molar-refractivity contribution is -0.119. The molecule has 1 aliphatic heterocycles. The van der Waals surface area contributed by atoms with E-state index in [1.165, 1.54) is 10.7 Å². The van der Waals surface area contributed by atoms with E-state index in [0.717, 1.165) is 17.7 Å². The minimum Gasteiger partial charge on any atom is -0.495 e. The number of ether oxygens (including phenoxy) is 1. The maximum atomic E-state index is 13.4. The molecule has 0 aliphatic carbocycles. The number of rotatable bonds is 5. The Morgan fingerprint density at radius 2 is 2.14 bits per heavy atom. The van der Waals surface area contributed by atoms with Crippen molar-refractivity contribution in [2.75, 3.05) is 44.5 Å². The van der Waals surface area contributed by atoms with Gasteiger partial charge >= 0.3 is 5.56 Å². The second-order valence-electron chi connectivity index (χ2n) is 8.73. The first-order chi connectivity index (χ1) is 16.9. The van der Waals surface area contributed by atoms with Crippen molar-refractivity contribution in [1.82, 2.24) is 24.3 Å². The number of fused-ring (bicyclic) bond motifs is 5. The Hall–Kier alpha value is -4.38. The first kappa shape index (κ1) is 21.2. The van der Waals surface area contributed by atoms with Crippen molar-refractivity contribution in [3.63, 3.8) is 0 Å². The first-order valence-electron chi connectivity index (χ1n) is 11.1. The smallest absolute Gasteiger partial charge is 0.304 e. The van der Waals surface area contributed by atoms with Gasteiger partial charge in [-0.1, -0.05) is 0 Å². The van der Waals surface area contributed by atoms with Crippen molar-refractivity contribution >= 4 is 51.0 Å². The van der Waals surface area contributed by atoms with E-state index in [1.807, 2.05) is 37.2 Å². The zero-order valence-corrected chi connectivity index (χ0v) is 19.5. The minimum absolute atomic E-state index is 0.0156. The van der Waals surface area contributed by atoms with Crippen LogP contribution >= 0.6 is 0 Å². The highest BCUT2D eigenvalue weighted by atomic mass is 16.5. The largest absolute Gasteiger partial charge is 0.495 e. The fraction of sp³-hybridized carbons (Fsp3) is 0.250. The average Bonchev–Trinajstić information content (AvgIpc) is 3.57. The molecule has 2 N–H and O–H groups in total. The summed E-state index contributed by atoms with van der Waals surface area (Å²) in [6.07, 6.45) is 3.92. The number of amides is 1. The Morgan fingerprint density at radius 3 is 2.94 bits per heavy atom. The molecule has 0 fully saturated rings. The molecule has 1 amide bonds. The molecule has 0 saturated heterocycles. The molecule has 35 heavy (non-hydrogen) atoms. The van der Waals surface area contributed by atoms with E-state index < -0.39 is 0 Å². The van der Waals surface area contributed by atoms with Gasteiger partial charge in [0.1, 0.15) is 16.9 Å². The van der Waals surface area contributed by atoms with Gasteiger partial charge in [-0.15, -0.1) is 0 Å². The molecule has 6 rings (SSSR count). The zero-order chi connectivity index (χ0) is 24.3. The molecule has 0 atom stereocenters. The lowest BCUT2D eigenvalue weighted by Crippen LogP contribution is -2.36. The maximum Gasteiger partial charge on any atom is 0.304 e. The van der Waals surface area contributed by atoms with E-state index in [-0.39, 0.29) is 23.0 Å². The Bertz CT molecular complexity index is 1680. The third kappa shape index (κ3) is 3.31. The molecule has 0 radical (unpaired) electrons. The van der Waals surface area contributed by atoms with Crippen LogP contribution in [0, 0.1) is 0 Å². The van der Waals surface area contributed by atoms with Gasteiger partial charge < -0.3 is 29.3 Å². The molecule has 5 heterocycles. The SMILES string of the molecule is COc1cc2c(cc1Nc1nc3[nH]ccc3c3nc4ccoc4c(=O)n13)N(C(=O)CN(C)C)CC2. The van der Waals surface area contributed by atoms with Crippen LogP contribution in [0.5, 0.6) is 5.75 Å². The number of hydrogen-bond acceptors (Lipinski definition) is 8. The predicted molar refractivity (Wildman–Crippen MR) is 132 cm³/mol. The topological polar surface area (TPSA) is 121 Å². The zero-order valence-electron chi connectivity index (χ0n) is 19.5. The number of H-pyrrole nitrogens is 1. The van der Waals surface area contributed by atoms with Crippen molar-refractivity contribution in [3.05, 3.63) is 52.6 Å². The van der Waals surface area contributed by atoms with Crippen molar-refractivity contribution in [2.24, 2.45) is 0 Å². The van der Waals surface area contributed by atoms with Crippen LogP contribution in [0.1, 0.15) is 5.56 Å². The molecular weight excluding hydrogens is 450 g/mol. The average molecular weight is 473 g/mol. The van der Waals surface area contributed by atoms with Crippen LogP contribution in [-0.2, 0) is 11.2 Å². The van der Waals surface area contributed by atoms with E-state index in [1.54, 1.807) is 24.3 Å². The van der Waals surface area contributed by atoms with Gasteiger partial charge in [0.05, 0.1) is 31.0 Å². The lowest BCUT2D eigenvalue weighted by Gasteiger charge is -2.21. The number of benzene rings is 1. The first-order valence-corrected chi connectivity index (χ1v) is 11.1. The Morgan fingerprint density at radius 1 is 1.29 bits per heavy atom. The predicted octanol–water partition coefficient (Wildman–Crippen LogP) is 2.52. The second kappa shape index (κ2) is 7.84. The quantitative estimate of drug-likeness (QED) is 0.400. The third-order valence-electron chi connectivity index (χ3n) is 6.17. The molecule has 4 aromatic heterocycles. The second-order valence-corrected chi connectivity index (χ2v) is 8.73. The summed E-state index contributed by atoms with van der Waals surface area (Å²) in [7, 11) is 5.31. The van der Waals surface area contributed by atoms with Crippen LogP contribution in [0.2, 0.25) is 0 Å². The summed E-state index contributed by atoms with van der Waals surface area (Å²) in [5.41, 5.74) is 3.66. The number of hydrogen-bond donors (Lipinski definition) is 2. The molecule has 1 aromatic carbocycles. The van der Waals surface area contributed by atoms with Crippen molar-refractivity contribution in [2.45, 2.75) is 6.42 Å². The highest BCUT2D eigenvalue weighted by Gasteiger charge is 2.27. The standard InChI is InChI=1S/C24H23N7O4/c1-29(2)12-19(32)30-8-5-13-10-18(34-3)16(11-17(13)30)27-24-28-21-14(4-7-25-21)22-26-15-6-9-35-20(15)23(33)31(22)24/h4,6-7,9-11,25H,5,8,12H2,1-3H3,(H,27,28). The van der Waals surface area contributed by atoms with Crippen LogP contribution in [-0.4, -0.2) is 64.5 Å². The number of likely N-dealkylation sites (N-methyl/N-ethyl adjacent to an activating group) is 1. The van der Waals surface area contributed by atoms with Crippen LogP contribution in [0.15, 0.2) is 45.9 Å². The summed E-state index contributed by atoms with van der Waals surface area (Å²) in [4.78, 5) is 42.2. The number of anilines is 3. The van der Waals surface area contributed by atoms with Gasteiger partial charge in [-0.2, -0.15) is 4.98 Å². The molecule has 0 spiro atoms.